The van der Waals surface area contributed by atoms with Crippen LogP contribution in [0.5, 0.6) is 0 Å². The number of hydrogen-bond acceptors (Lipinski definition) is 6. The highest BCUT2D eigenvalue weighted by atomic mass is 16.5. The van der Waals surface area contributed by atoms with Crippen molar-refractivity contribution >= 4 is 17.6 Å². The molecule has 3 saturated heterocycles. The first-order valence-corrected chi connectivity index (χ1v) is 13.7. The molecule has 204 valence electrons. The SMILES string of the molecule is CC(C)(C)C[C@H](C(=O)N1C[C@H](N=[N+]=[N-])[C@H]2OCC(=O)[C@H]21)c1cc(C2CCN(C3CC3)CC2)ccc1C(N)=O. The van der Waals surface area contributed by atoms with Gasteiger partial charge in [0.1, 0.15) is 12.6 Å². The highest BCUT2D eigenvalue weighted by Gasteiger charge is 2.53. The van der Waals surface area contributed by atoms with Crippen molar-refractivity contribution in [3.63, 3.8) is 0 Å². The topological polar surface area (TPSA) is 142 Å². The Morgan fingerprint density at radius 3 is 2.53 bits per heavy atom. The summed E-state index contributed by atoms with van der Waals surface area (Å²) in [6.07, 6.45) is 4.50. The van der Waals surface area contributed by atoms with Crippen LogP contribution in [0.2, 0.25) is 0 Å². The van der Waals surface area contributed by atoms with Crippen LogP contribution < -0.4 is 5.73 Å². The molecule has 0 unspecified atom stereocenters. The molecule has 3 aliphatic heterocycles. The third-order valence-corrected chi connectivity index (χ3v) is 8.54. The summed E-state index contributed by atoms with van der Waals surface area (Å²) in [5.41, 5.74) is 16.7. The third kappa shape index (κ3) is 5.30. The van der Waals surface area contributed by atoms with E-state index in [-0.39, 0.29) is 30.3 Å². The van der Waals surface area contributed by atoms with Crippen LogP contribution in [-0.2, 0) is 14.3 Å². The summed E-state index contributed by atoms with van der Waals surface area (Å²) in [4.78, 5) is 46.6. The minimum atomic E-state index is -0.785. The maximum atomic E-state index is 14.3. The van der Waals surface area contributed by atoms with Gasteiger partial charge in [0.15, 0.2) is 5.78 Å². The van der Waals surface area contributed by atoms with E-state index >= 15 is 0 Å². The number of fused-ring (bicyclic) bond motifs is 1. The number of likely N-dealkylation sites (tertiary alicyclic amines) is 2. The molecule has 5 rings (SSSR count). The lowest BCUT2D eigenvalue weighted by Crippen LogP contribution is -2.45. The van der Waals surface area contributed by atoms with E-state index in [2.05, 4.69) is 14.9 Å². The Morgan fingerprint density at radius 2 is 1.92 bits per heavy atom. The molecule has 10 nitrogen and oxygen atoms in total. The number of carbonyl (C=O) groups excluding carboxylic acids is 3. The predicted octanol–water partition coefficient (Wildman–Crippen LogP) is 3.50. The van der Waals surface area contributed by atoms with Crippen LogP contribution in [0.4, 0.5) is 0 Å². The molecule has 0 bridgehead atoms. The Labute approximate surface area is 223 Å². The van der Waals surface area contributed by atoms with Crippen molar-refractivity contribution in [1.29, 1.82) is 0 Å². The molecule has 4 fully saturated rings. The van der Waals surface area contributed by atoms with E-state index in [0.29, 0.717) is 23.5 Å². The molecule has 0 spiro atoms. The average molecular weight is 523 g/mol. The van der Waals surface area contributed by atoms with Crippen molar-refractivity contribution in [2.45, 2.75) is 88.9 Å². The molecule has 1 aliphatic carbocycles. The number of amides is 2. The third-order valence-electron chi connectivity index (χ3n) is 8.54. The minimum Gasteiger partial charge on any atom is -0.367 e. The molecule has 38 heavy (non-hydrogen) atoms. The number of piperidine rings is 1. The molecular formula is C28H38N6O4. The van der Waals surface area contributed by atoms with Gasteiger partial charge in [0, 0.05) is 23.1 Å². The van der Waals surface area contributed by atoms with Crippen molar-refractivity contribution in [2.24, 2.45) is 16.3 Å². The Hall–Kier alpha value is -2.94. The number of nitrogens with zero attached hydrogens (tertiary/aromatic N) is 5. The second-order valence-corrected chi connectivity index (χ2v) is 12.5. The molecule has 0 radical (unpaired) electrons. The molecule has 10 heteroatoms. The van der Waals surface area contributed by atoms with Crippen molar-refractivity contribution < 1.29 is 19.1 Å². The maximum absolute atomic E-state index is 14.3. The van der Waals surface area contributed by atoms with E-state index < -0.39 is 30.0 Å². The van der Waals surface area contributed by atoms with Gasteiger partial charge in [-0.3, -0.25) is 14.4 Å². The van der Waals surface area contributed by atoms with E-state index in [4.69, 9.17) is 16.0 Å². The summed E-state index contributed by atoms with van der Waals surface area (Å²) in [6, 6.07) is 5.09. The van der Waals surface area contributed by atoms with Crippen molar-refractivity contribution in [3.05, 3.63) is 45.3 Å². The fourth-order valence-electron chi connectivity index (χ4n) is 6.55. The van der Waals surface area contributed by atoms with Crippen LogP contribution in [0, 0.1) is 5.41 Å². The second kappa shape index (κ2) is 10.3. The predicted molar refractivity (Wildman–Crippen MR) is 142 cm³/mol. The van der Waals surface area contributed by atoms with Crippen molar-refractivity contribution in [2.75, 3.05) is 26.2 Å². The molecule has 4 atom stereocenters. The monoisotopic (exact) mass is 522 g/mol. The largest absolute Gasteiger partial charge is 0.367 e. The van der Waals surface area contributed by atoms with Crippen LogP contribution in [0.3, 0.4) is 0 Å². The van der Waals surface area contributed by atoms with E-state index in [1.165, 1.54) is 17.7 Å². The Balaban J connectivity index is 1.49. The highest BCUT2D eigenvalue weighted by molar-refractivity contribution is 5.99. The Kier molecular flexibility index (Phi) is 7.24. The highest BCUT2D eigenvalue weighted by Crippen LogP contribution is 2.40. The zero-order chi connectivity index (χ0) is 27.2. The van der Waals surface area contributed by atoms with Gasteiger partial charge in [-0.2, -0.15) is 0 Å². The Morgan fingerprint density at radius 1 is 1.21 bits per heavy atom. The van der Waals surface area contributed by atoms with E-state index in [1.54, 1.807) is 6.07 Å². The number of Topliss-reactive ketones (excluding diaryl/α,β-unsaturated/α-hetero) is 1. The molecule has 4 aliphatic rings. The zero-order valence-corrected chi connectivity index (χ0v) is 22.5. The van der Waals surface area contributed by atoms with Crippen LogP contribution >= 0.6 is 0 Å². The number of primary amides is 1. The van der Waals surface area contributed by atoms with Gasteiger partial charge < -0.3 is 20.3 Å². The first kappa shape index (κ1) is 26.7. The molecule has 0 aromatic heterocycles. The summed E-state index contributed by atoms with van der Waals surface area (Å²) in [5.74, 6) is -1.35. The van der Waals surface area contributed by atoms with Gasteiger partial charge in [-0.25, -0.2) is 0 Å². The van der Waals surface area contributed by atoms with Crippen LogP contribution in [0.15, 0.2) is 23.3 Å². The number of hydrogen-bond donors (Lipinski definition) is 1. The van der Waals surface area contributed by atoms with E-state index in [0.717, 1.165) is 37.5 Å². The zero-order valence-electron chi connectivity index (χ0n) is 22.5. The van der Waals surface area contributed by atoms with Crippen LogP contribution in [0.1, 0.15) is 86.2 Å². The summed E-state index contributed by atoms with van der Waals surface area (Å²) >= 11 is 0. The lowest BCUT2D eigenvalue weighted by molar-refractivity contribution is -0.138. The lowest BCUT2D eigenvalue weighted by atomic mass is 9.77. The number of ether oxygens (including phenoxy) is 1. The molecule has 1 aromatic carbocycles. The van der Waals surface area contributed by atoms with Crippen molar-refractivity contribution in [3.8, 4) is 0 Å². The van der Waals surface area contributed by atoms with Gasteiger partial charge in [0.2, 0.25) is 11.8 Å². The lowest BCUT2D eigenvalue weighted by Gasteiger charge is -2.34. The molecule has 1 saturated carbocycles. The number of benzene rings is 1. The summed E-state index contributed by atoms with van der Waals surface area (Å²) < 4.78 is 5.62. The second-order valence-electron chi connectivity index (χ2n) is 12.5. The van der Waals surface area contributed by atoms with Gasteiger partial charge in [-0.05, 0) is 79.3 Å². The standard InChI is InChI=1S/C28H38N6O4/c1-28(2,3)13-21(27(37)34-14-22(31-32-30)25-24(34)23(35)15-38-25)20-12-17(4-7-19(20)26(29)36)16-8-10-33(11-9-16)18-5-6-18/h4,7,12,16,18,21-22,24-25H,5-6,8-11,13-15H2,1-3H3,(H2,29,36)/t21-,22-,24+,25+/m0/s1. The first-order valence-electron chi connectivity index (χ1n) is 13.7. The number of rotatable bonds is 7. The maximum Gasteiger partial charge on any atom is 0.249 e. The molecular weight excluding hydrogens is 484 g/mol. The van der Waals surface area contributed by atoms with Crippen molar-refractivity contribution in [1.82, 2.24) is 9.80 Å². The number of azide groups is 1. The van der Waals surface area contributed by atoms with E-state index in [9.17, 15) is 14.4 Å². The number of nitrogens with two attached hydrogens (primary N) is 1. The smallest absolute Gasteiger partial charge is 0.249 e. The molecule has 1 aromatic rings. The summed E-state index contributed by atoms with van der Waals surface area (Å²) in [7, 11) is 0. The number of carbonyl (C=O) groups is 3. The fourth-order valence-corrected chi connectivity index (χ4v) is 6.55. The molecule has 2 N–H and O–H groups in total. The molecule has 2 amide bonds. The fraction of sp³-hybridized carbons (Fsp3) is 0.679. The van der Waals surface area contributed by atoms with Crippen LogP contribution in [0.25, 0.3) is 10.4 Å². The van der Waals surface area contributed by atoms with Gasteiger partial charge in [0.05, 0.1) is 18.1 Å². The quantitative estimate of drug-likeness (QED) is 0.331. The van der Waals surface area contributed by atoms with E-state index in [1.807, 2.05) is 32.9 Å². The molecule has 3 heterocycles. The van der Waals surface area contributed by atoms with Gasteiger partial charge >= 0.3 is 0 Å². The van der Waals surface area contributed by atoms with Gasteiger partial charge in [-0.1, -0.05) is 38.0 Å². The minimum absolute atomic E-state index is 0.107. The Bertz CT molecular complexity index is 1160. The van der Waals surface area contributed by atoms with Crippen LogP contribution in [-0.4, -0.2) is 77.9 Å². The average Bonchev–Trinajstić information content (AvgIpc) is 3.57. The number of ketones is 1. The van der Waals surface area contributed by atoms with Gasteiger partial charge in [-0.15, -0.1) is 0 Å². The first-order chi connectivity index (χ1) is 18.1. The summed E-state index contributed by atoms with van der Waals surface area (Å²) in [6.45, 7) is 8.27. The summed E-state index contributed by atoms with van der Waals surface area (Å²) in [5, 5.41) is 3.82. The van der Waals surface area contributed by atoms with Gasteiger partial charge in [0.25, 0.3) is 0 Å². The normalized spacial score (nSPS) is 27.2.